The summed E-state index contributed by atoms with van der Waals surface area (Å²) in [6.45, 7) is 8.34. The van der Waals surface area contributed by atoms with Crippen LogP contribution in [0.4, 0.5) is 0 Å². The summed E-state index contributed by atoms with van der Waals surface area (Å²) in [6.07, 6.45) is 34.5. The molecule has 0 saturated heterocycles. The topological polar surface area (TPSA) is 64.7 Å². The SMILES string of the molecule is CCCCCCCCCCCCCCOC(=O)CCSCCCC(N)=NCC(CCCCCC)CCCCCCCC. The van der Waals surface area contributed by atoms with E-state index < -0.39 is 0 Å². The highest BCUT2D eigenvalue weighted by atomic mass is 32.2. The van der Waals surface area contributed by atoms with Gasteiger partial charge in [-0.1, -0.05) is 156 Å². The average Bonchev–Trinajstić information content (AvgIpc) is 2.99. The molecule has 0 aromatic heterocycles. The van der Waals surface area contributed by atoms with Crippen LogP contribution in [0, 0.1) is 5.92 Å². The van der Waals surface area contributed by atoms with Gasteiger partial charge < -0.3 is 10.5 Å². The third-order valence-electron chi connectivity index (χ3n) is 8.42. The highest BCUT2D eigenvalue weighted by Crippen LogP contribution is 2.20. The minimum atomic E-state index is -0.0398. The average molecular weight is 611 g/mol. The number of carbonyl (C=O) groups is 1. The van der Waals surface area contributed by atoms with E-state index in [2.05, 4.69) is 20.8 Å². The van der Waals surface area contributed by atoms with Gasteiger partial charge in [0.05, 0.1) is 18.9 Å². The number of esters is 1. The zero-order valence-electron chi connectivity index (χ0n) is 28.7. The summed E-state index contributed by atoms with van der Waals surface area (Å²) < 4.78 is 5.44. The maximum atomic E-state index is 12.0. The first-order valence-corrected chi connectivity index (χ1v) is 19.8. The molecule has 0 aromatic carbocycles. The molecule has 0 aliphatic heterocycles. The zero-order valence-corrected chi connectivity index (χ0v) is 29.6. The normalized spacial score (nSPS) is 12.6. The van der Waals surface area contributed by atoms with E-state index in [-0.39, 0.29) is 5.97 Å². The fraction of sp³-hybridized carbons (Fsp3) is 0.946. The van der Waals surface area contributed by atoms with Crippen LogP contribution in [-0.4, -0.2) is 36.5 Å². The molecule has 0 bridgehead atoms. The molecule has 1 atom stereocenters. The van der Waals surface area contributed by atoms with E-state index in [0.29, 0.717) is 18.9 Å². The second kappa shape index (κ2) is 34.8. The Morgan fingerprint density at radius 3 is 1.57 bits per heavy atom. The Labute approximate surface area is 268 Å². The van der Waals surface area contributed by atoms with Gasteiger partial charge in [0.25, 0.3) is 0 Å². The van der Waals surface area contributed by atoms with Gasteiger partial charge in [0.2, 0.25) is 0 Å². The molecule has 2 N–H and O–H groups in total. The van der Waals surface area contributed by atoms with E-state index in [1.54, 1.807) is 0 Å². The summed E-state index contributed by atoms with van der Waals surface area (Å²) >= 11 is 1.83. The lowest BCUT2D eigenvalue weighted by Crippen LogP contribution is -2.15. The number of unbranched alkanes of at least 4 members (excludes halogenated alkanes) is 19. The molecule has 5 heteroatoms. The number of ether oxygens (including phenoxy) is 1. The van der Waals surface area contributed by atoms with Crippen molar-refractivity contribution in [1.82, 2.24) is 0 Å². The minimum Gasteiger partial charge on any atom is -0.466 e. The quantitative estimate of drug-likeness (QED) is 0.0341. The van der Waals surface area contributed by atoms with Gasteiger partial charge in [0.1, 0.15) is 0 Å². The van der Waals surface area contributed by atoms with Crippen LogP contribution >= 0.6 is 11.8 Å². The largest absolute Gasteiger partial charge is 0.466 e. The van der Waals surface area contributed by atoms with Gasteiger partial charge in [-0.25, -0.2) is 0 Å². The summed E-state index contributed by atoms with van der Waals surface area (Å²) in [7, 11) is 0. The summed E-state index contributed by atoms with van der Waals surface area (Å²) in [5.74, 6) is 3.34. The smallest absolute Gasteiger partial charge is 0.306 e. The Morgan fingerprint density at radius 1 is 0.595 bits per heavy atom. The third-order valence-corrected chi connectivity index (χ3v) is 9.49. The standard InChI is InChI=1S/C37H74N2O2S/c1-4-7-10-13-15-16-17-18-19-20-22-25-31-41-37(40)30-33-42-32-26-29-36(38)39-34-35(27-23-12-9-6-3)28-24-21-14-11-8-5-2/h35H,4-34H2,1-3H3,(H2,38,39). The van der Waals surface area contributed by atoms with Crippen molar-refractivity contribution in [3.8, 4) is 0 Å². The molecule has 0 radical (unpaired) electrons. The first-order valence-electron chi connectivity index (χ1n) is 18.7. The highest BCUT2D eigenvalue weighted by molar-refractivity contribution is 7.99. The third kappa shape index (κ3) is 32.2. The van der Waals surface area contributed by atoms with E-state index in [1.165, 1.54) is 148 Å². The molecule has 250 valence electrons. The molecule has 1 unspecified atom stereocenters. The lowest BCUT2D eigenvalue weighted by molar-refractivity contribution is -0.143. The molecule has 0 heterocycles. The van der Waals surface area contributed by atoms with Crippen LogP contribution in [0.1, 0.15) is 194 Å². The van der Waals surface area contributed by atoms with Crippen LogP contribution < -0.4 is 5.73 Å². The molecule has 42 heavy (non-hydrogen) atoms. The van der Waals surface area contributed by atoms with Gasteiger partial charge in [-0.15, -0.1) is 0 Å². The fourth-order valence-corrected chi connectivity index (χ4v) is 6.40. The van der Waals surface area contributed by atoms with Gasteiger partial charge in [-0.05, 0) is 37.4 Å². The van der Waals surface area contributed by atoms with E-state index in [9.17, 15) is 4.79 Å². The van der Waals surface area contributed by atoms with Crippen LogP contribution in [-0.2, 0) is 9.53 Å². The highest BCUT2D eigenvalue weighted by Gasteiger charge is 2.09. The first kappa shape index (κ1) is 41.3. The van der Waals surface area contributed by atoms with Crippen molar-refractivity contribution >= 4 is 23.6 Å². The number of carbonyl (C=O) groups excluding carboxylic acids is 1. The van der Waals surface area contributed by atoms with Crippen molar-refractivity contribution in [3.05, 3.63) is 0 Å². The number of amidine groups is 1. The molecule has 0 amide bonds. The van der Waals surface area contributed by atoms with Crippen molar-refractivity contribution < 1.29 is 9.53 Å². The molecular formula is C37H74N2O2S. The van der Waals surface area contributed by atoms with E-state index >= 15 is 0 Å². The number of rotatable bonds is 34. The van der Waals surface area contributed by atoms with Crippen LogP contribution in [0.5, 0.6) is 0 Å². The molecular weight excluding hydrogens is 536 g/mol. The van der Waals surface area contributed by atoms with Crippen LogP contribution in [0.25, 0.3) is 0 Å². The maximum absolute atomic E-state index is 12.0. The first-order chi connectivity index (χ1) is 20.6. The lowest BCUT2D eigenvalue weighted by Gasteiger charge is -2.15. The van der Waals surface area contributed by atoms with Crippen molar-refractivity contribution in [2.45, 2.75) is 194 Å². The van der Waals surface area contributed by atoms with Gasteiger partial charge in [0, 0.05) is 18.7 Å². The number of thioether (sulfide) groups is 1. The van der Waals surface area contributed by atoms with Gasteiger partial charge in [-0.3, -0.25) is 9.79 Å². The molecule has 4 nitrogen and oxygen atoms in total. The summed E-state index contributed by atoms with van der Waals surface area (Å²) in [5.41, 5.74) is 6.28. The van der Waals surface area contributed by atoms with Crippen molar-refractivity contribution in [3.63, 3.8) is 0 Å². The second-order valence-electron chi connectivity index (χ2n) is 12.7. The fourth-order valence-electron chi connectivity index (χ4n) is 5.54. The number of nitrogens with two attached hydrogens (primary N) is 1. The Balaban J connectivity index is 3.75. The summed E-state index contributed by atoms with van der Waals surface area (Å²) in [4.78, 5) is 16.8. The van der Waals surface area contributed by atoms with Gasteiger partial charge >= 0.3 is 5.97 Å². The molecule has 0 fully saturated rings. The van der Waals surface area contributed by atoms with Crippen LogP contribution in [0.3, 0.4) is 0 Å². The van der Waals surface area contributed by atoms with Gasteiger partial charge in [-0.2, -0.15) is 11.8 Å². The lowest BCUT2D eigenvalue weighted by atomic mass is 9.94. The number of hydrogen-bond acceptors (Lipinski definition) is 4. The van der Waals surface area contributed by atoms with E-state index in [4.69, 9.17) is 15.5 Å². The molecule has 0 saturated carbocycles. The molecule has 0 spiro atoms. The van der Waals surface area contributed by atoms with Crippen molar-refractivity contribution in [2.75, 3.05) is 24.7 Å². The summed E-state index contributed by atoms with van der Waals surface area (Å²) in [6, 6.07) is 0. The zero-order chi connectivity index (χ0) is 30.8. The van der Waals surface area contributed by atoms with E-state index in [0.717, 1.165) is 43.1 Å². The number of nitrogens with zero attached hydrogens (tertiary/aromatic N) is 1. The molecule has 0 aliphatic rings. The number of hydrogen-bond donors (Lipinski definition) is 1. The number of aliphatic imine (C=N–C) groups is 1. The molecule has 0 aromatic rings. The Hall–Kier alpha value is -0.710. The Morgan fingerprint density at radius 2 is 1.05 bits per heavy atom. The van der Waals surface area contributed by atoms with Crippen LogP contribution in [0.2, 0.25) is 0 Å². The van der Waals surface area contributed by atoms with Gasteiger partial charge in [0.15, 0.2) is 0 Å². The second-order valence-corrected chi connectivity index (χ2v) is 13.9. The van der Waals surface area contributed by atoms with Crippen molar-refractivity contribution in [2.24, 2.45) is 16.6 Å². The van der Waals surface area contributed by atoms with Crippen molar-refractivity contribution in [1.29, 1.82) is 0 Å². The minimum absolute atomic E-state index is 0.0398. The molecule has 0 rings (SSSR count). The summed E-state index contributed by atoms with van der Waals surface area (Å²) in [5, 5.41) is 0. The molecule has 0 aliphatic carbocycles. The Kier molecular flexibility index (Phi) is 34.2. The van der Waals surface area contributed by atoms with E-state index in [1.807, 2.05) is 11.8 Å². The predicted molar refractivity (Wildman–Crippen MR) is 190 cm³/mol. The maximum Gasteiger partial charge on any atom is 0.306 e. The van der Waals surface area contributed by atoms with Crippen LogP contribution in [0.15, 0.2) is 4.99 Å². The Bertz CT molecular complexity index is 584. The predicted octanol–water partition coefficient (Wildman–Crippen LogP) is 11.8. The monoisotopic (exact) mass is 611 g/mol.